The zero-order valence-electron chi connectivity index (χ0n) is 19.0. The first-order valence-corrected chi connectivity index (χ1v) is 19.7. The summed E-state index contributed by atoms with van der Waals surface area (Å²) in [5.74, 6) is 0. The average molecular weight is 1050 g/mol. The second-order valence-corrected chi connectivity index (χ2v) is 10.9. The van der Waals surface area contributed by atoms with Crippen LogP contribution in [0.4, 0.5) is 0 Å². The van der Waals surface area contributed by atoms with Crippen LogP contribution in [0.3, 0.4) is 0 Å². The highest BCUT2D eigenvalue weighted by Crippen LogP contribution is 1.76. The third-order valence-corrected chi connectivity index (χ3v) is 0. The van der Waals surface area contributed by atoms with Crippen molar-refractivity contribution < 1.29 is 5.11 Å². The summed E-state index contributed by atoms with van der Waals surface area (Å²) >= 11 is 114. The van der Waals surface area contributed by atoms with Gasteiger partial charge >= 0.3 is 0 Å². The molecule has 0 aromatic heterocycles. The highest BCUT2D eigenvalue weighted by Gasteiger charge is 1.44. The van der Waals surface area contributed by atoms with Crippen molar-refractivity contribution in [2.75, 3.05) is 71.2 Å². The molecule has 0 amide bonds. The first-order chi connectivity index (χ1) is 18.0. The Bertz CT molecular complexity index is 84.3. The molecule has 0 aromatic carbocycles. The summed E-state index contributed by atoms with van der Waals surface area (Å²) in [4.78, 5) is 0. The lowest BCUT2D eigenvalue weighted by molar-refractivity contribution is 0.399. The molecule has 1 N–H and O–H groups in total. The van der Waals surface area contributed by atoms with Gasteiger partial charge in [0.15, 0.2) is 0 Å². The molecule has 0 fully saturated rings. The van der Waals surface area contributed by atoms with Gasteiger partial charge < -0.3 is 5.11 Å². The molecule has 0 atom stereocenters. The first-order valence-electron chi connectivity index (χ1n) is 6.86. The molecule has 254 valence electrons. The van der Waals surface area contributed by atoms with Crippen LogP contribution in [0.25, 0.3) is 0 Å². The minimum atomic E-state index is 0.194. The molecule has 0 aliphatic heterocycles. The average Bonchev–Trinajstić information content (AvgIpc) is 2.81. The predicted octanol–water partition coefficient (Wildman–Crippen LogP) is 16.7. The molecule has 0 heterocycles. The molecule has 0 spiro atoms. The summed E-state index contributed by atoms with van der Waals surface area (Å²) in [6.45, 7) is 0. The second-order valence-electron chi connectivity index (χ2n) is 1.21. The topological polar surface area (TPSA) is 20.2 Å². The Morgan fingerprint density at radius 2 is 0.184 bits per heavy atom. The second kappa shape index (κ2) is 226. The molecule has 0 rings (SSSR count). The first kappa shape index (κ1) is 85.0. The fourth-order valence-corrected chi connectivity index (χ4v) is 0. The molecule has 0 aliphatic rings. The number of aliphatic hydroxyl groups excluding tert-OH is 1. The summed E-state index contributed by atoms with van der Waals surface area (Å²) in [5, 5.41) is 9.33. The van der Waals surface area contributed by atoms with Crippen LogP contribution in [-0.4, -0.2) is 76.3 Å². The van der Waals surface area contributed by atoms with Gasteiger partial charge in [-0.3, -0.25) is 0 Å². The molecule has 1 nitrogen and oxygen atoms in total. The van der Waals surface area contributed by atoms with Crippen LogP contribution in [0.1, 0.15) is 0 Å². The third-order valence-electron chi connectivity index (χ3n) is 0. The van der Waals surface area contributed by atoms with Crippen molar-refractivity contribution in [2.24, 2.45) is 0 Å². The molecule has 0 aliphatic carbocycles. The number of hydrogen-bond donors (Lipinski definition) is 1. The van der Waals surface area contributed by atoms with Crippen molar-refractivity contribution in [3.63, 3.8) is 0 Å². The molecule has 0 aromatic rings. The van der Waals surface area contributed by atoms with E-state index >= 15 is 0 Å². The van der Waals surface area contributed by atoms with E-state index in [-0.39, 0.29) is 64.1 Å². The van der Waals surface area contributed by atoms with Crippen molar-refractivity contribution in [1.82, 2.24) is 0 Å². The highest BCUT2D eigenvalue weighted by molar-refractivity contribution is 6.43. The molecule has 0 saturated heterocycles. The van der Waals surface area contributed by atoms with Crippen molar-refractivity contribution in [3.05, 3.63) is 0 Å². The Hall–Kier alpha value is 6.92. The van der Waals surface area contributed by atoms with E-state index in [1.54, 1.807) is 0 Å². The van der Waals surface area contributed by atoms with Gasteiger partial charge in [0.05, 0.1) is 64.1 Å². The Morgan fingerprint density at radius 1 is 0.184 bits per heavy atom. The molecule has 25 heteroatoms. The molecule has 0 bridgehead atoms. The molecule has 0 radical (unpaired) electrons. The Kier molecular flexibility index (Phi) is 506. The molecule has 38 heavy (non-hydrogen) atoms. The quantitative estimate of drug-likeness (QED) is 0.240. The largest absolute Gasteiger partial charge is 0.400 e. The number of alkyl halides is 24. The van der Waals surface area contributed by atoms with E-state index in [2.05, 4.69) is 0 Å². The van der Waals surface area contributed by atoms with Crippen molar-refractivity contribution >= 4 is 278 Å². The van der Waals surface area contributed by atoms with E-state index in [1.165, 1.54) is 0 Å². The SMILES string of the molecule is CO.ClCCl.ClCCl.ClCCl.ClCCl.ClCCl.ClCCl.ClCCl.ClCCl.ClCCl.ClCCl.ClCCl.ClCCl. The summed E-state index contributed by atoms with van der Waals surface area (Å²) < 4.78 is 0. The number of aliphatic hydroxyl groups is 1. The van der Waals surface area contributed by atoms with Crippen LogP contribution >= 0.6 is 278 Å². The van der Waals surface area contributed by atoms with Crippen molar-refractivity contribution in [3.8, 4) is 0 Å². The van der Waals surface area contributed by atoms with Gasteiger partial charge in [-0.05, 0) is 0 Å². The van der Waals surface area contributed by atoms with Gasteiger partial charge in [-0.25, -0.2) is 0 Å². The van der Waals surface area contributed by atoms with Crippen LogP contribution < -0.4 is 0 Å². The standard InChI is InChI=1S/12CH2Cl2.CH4O/c12*2-1-3;1-2/h12*1H2;2H,1H3. The monoisotopic (exact) mass is 1040 g/mol. The summed E-state index contributed by atoms with van der Waals surface area (Å²) in [6.07, 6.45) is 0. The number of halogens is 24. The molecule has 0 unspecified atom stereocenters. The maximum Gasteiger partial charge on any atom is 0.0967 e. The Morgan fingerprint density at radius 3 is 0.184 bits per heavy atom. The van der Waals surface area contributed by atoms with Gasteiger partial charge in [-0.15, -0.1) is 278 Å². The van der Waals surface area contributed by atoms with Crippen molar-refractivity contribution in [2.45, 2.75) is 0 Å². The van der Waals surface area contributed by atoms with Crippen molar-refractivity contribution in [1.29, 1.82) is 0 Å². The van der Waals surface area contributed by atoms with E-state index < -0.39 is 0 Å². The van der Waals surface area contributed by atoms with Gasteiger partial charge in [-0.2, -0.15) is 0 Å². The number of rotatable bonds is 0. The minimum Gasteiger partial charge on any atom is -0.400 e. The van der Waals surface area contributed by atoms with Gasteiger partial charge in [0.25, 0.3) is 0 Å². The van der Waals surface area contributed by atoms with Crippen LogP contribution in [0.5, 0.6) is 0 Å². The Labute approximate surface area is 349 Å². The highest BCUT2D eigenvalue weighted by atomic mass is 35.6. The smallest absolute Gasteiger partial charge is 0.0967 e. The maximum absolute atomic E-state index is 7.00. The minimum absolute atomic E-state index is 0.194. The lowest BCUT2D eigenvalue weighted by Gasteiger charge is -1.42. The summed E-state index contributed by atoms with van der Waals surface area (Å²) in [7, 11) is 1.00. The van der Waals surface area contributed by atoms with E-state index in [9.17, 15) is 0 Å². The summed E-state index contributed by atoms with van der Waals surface area (Å²) in [6, 6.07) is 0. The predicted molar refractivity (Wildman–Crippen MR) is 207 cm³/mol. The molecular weight excluding hydrogens is 1020 g/mol. The van der Waals surface area contributed by atoms with Crippen LogP contribution in [-0.2, 0) is 0 Å². The van der Waals surface area contributed by atoms with Crippen LogP contribution in [0.15, 0.2) is 0 Å². The van der Waals surface area contributed by atoms with Gasteiger partial charge in [0.1, 0.15) is 0 Å². The fourth-order valence-electron chi connectivity index (χ4n) is 0. The van der Waals surface area contributed by atoms with Gasteiger partial charge in [-0.1, -0.05) is 0 Å². The lowest BCUT2D eigenvalue weighted by Crippen LogP contribution is -1.25. The normalized spacial score (nSPS) is 5.84. The fraction of sp³-hybridized carbons (Fsp3) is 1.00. The van der Waals surface area contributed by atoms with Crippen LogP contribution in [0.2, 0.25) is 0 Å². The van der Waals surface area contributed by atoms with E-state index in [1.807, 2.05) is 0 Å². The molecular formula is C13H28Cl24O. The maximum atomic E-state index is 7.00. The van der Waals surface area contributed by atoms with Gasteiger partial charge in [0.2, 0.25) is 0 Å². The third kappa shape index (κ3) is 1580. The zero-order chi connectivity index (χ0) is 34.5. The molecule has 0 saturated carbocycles. The van der Waals surface area contributed by atoms with E-state index in [4.69, 9.17) is 284 Å². The zero-order valence-corrected chi connectivity index (χ0v) is 37.1. The van der Waals surface area contributed by atoms with Gasteiger partial charge in [0, 0.05) is 7.11 Å². The Balaban J connectivity index is -0.0000000162. The number of hydrogen-bond acceptors (Lipinski definition) is 1. The van der Waals surface area contributed by atoms with Crippen LogP contribution in [0, 0.1) is 0 Å². The lowest BCUT2D eigenvalue weighted by atomic mass is 11.8. The summed E-state index contributed by atoms with van der Waals surface area (Å²) in [5.41, 5.74) is 0. The van der Waals surface area contributed by atoms with E-state index in [0.717, 1.165) is 7.11 Å². The van der Waals surface area contributed by atoms with E-state index in [0.29, 0.717) is 0 Å².